The van der Waals surface area contributed by atoms with E-state index in [0.29, 0.717) is 6.54 Å². The molecule has 6 nitrogen and oxygen atoms in total. The lowest BCUT2D eigenvalue weighted by Crippen LogP contribution is -2.05. The number of nitrogens with two attached hydrogens (primary N) is 1. The molecule has 0 atom stereocenters. The maximum Gasteiger partial charge on any atom is 0.169 e. The SMILES string of the molecule is Nc1c(N=O)cnn1Cc1ccncc1. The van der Waals surface area contributed by atoms with Gasteiger partial charge in [-0.15, -0.1) is 4.91 Å². The Bertz CT molecular complexity index is 465. The molecule has 2 aromatic rings. The number of nitrogen functional groups attached to an aromatic ring is 1. The molecule has 0 fully saturated rings. The van der Waals surface area contributed by atoms with Crippen LogP contribution in [0.1, 0.15) is 5.56 Å². The van der Waals surface area contributed by atoms with Gasteiger partial charge in [0, 0.05) is 12.4 Å². The van der Waals surface area contributed by atoms with Gasteiger partial charge >= 0.3 is 0 Å². The molecule has 0 spiro atoms. The monoisotopic (exact) mass is 203 g/mol. The van der Waals surface area contributed by atoms with E-state index in [1.165, 1.54) is 10.9 Å². The number of aromatic nitrogens is 3. The smallest absolute Gasteiger partial charge is 0.169 e. The van der Waals surface area contributed by atoms with Gasteiger partial charge in [-0.1, -0.05) is 0 Å². The van der Waals surface area contributed by atoms with Crippen molar-refractivity contribution >= 4 is 11.5 Å². The van der Waals surface area contributed by atoms with Gasteiger partial charge in [0.1, 0.15) is 0 Å². The first-order valence-electron chi connectivity index (χ1n) is 4.35. The van der Waals surface area contributed by atoms with Crippen LogP contribution in [0.2, 0.25) is 0 Å². The summed E-state index contributed by atoms with van der Waals surface area (Å²) in [5.74, 6) is 0.279. The van der Waals surface area contributed by atoms with Gasteiger partial charge in [0.25, 0.3) is 0 Å². The van der Waals surface area contributed by atoms with Gasteiger partial charge in [0.2, 0.25) is 0 Å². The highest BCUT2D eigenvalue weighted by molar-refractivity contribution is 5.56. The average molecular weight is 203 g/mol. The van der Waals surface area contributed by atoms with Crippen LogP contribution in [0.4, 0.5) is 11.5 Å². The summed E-state index contributed by atoms with van der Waals surface area (Å²) in [7, 11) is 0. The second-order valence-corrected chi connectivity index (χ2v) is 3.02. The van der Waals surface area contributed by atoms with Crippen molar-refractivity contribution in [3.05, 3.63) is 41.2 Å². The number of hydrogen-bond donors (Lipinski definition) is 1. The van der Waals surface area contributed by atoms with E-state index in [1.54, 1.807) is 12.4 Å². The zero-order valence-corrected chi connectivity index (χ0v) is 7.87. The quantitative estimate of drug-likeness (QED) is 0.762. The summed E-state index contributed by atoms with van der Waals surface area (Å²) in [6.45, 7) is 0.504. The molecule has 76 valence electrons. The van der Waals surface area contributed by atoms with Crippen molar-refractivity contribution in [3.8, 4) is 0 Å². The molecule has 0 aromatic carbocycles. The number of nitroso groups, excluding NO2 is 1. The lowest BCUT2D eigenvalue weighted by Gasteiger charge is -2.03. The van der Waals surface area contributed by atoms with E-state index >= 15 is 0 Å². The molecule has 15 heavy (non-hydrogen) atoms. The van der Waals surface area contributed by atoms with Crippen molar-refractivity contribution in [1.29, 1.82) is 0 Å². The Labute approximate surface area is 85.7 Å². The Morgan fingerprint density at radius 1 is 1.40 bits per heavy atom. The molecule has 2 N–H and O–H groups in total. The van der Waals surface area contributed by atoms with E-state index < -0.39 is 0 Å². The van der Waals surface area contributed by atoms with Crippen LogP contribution >= 0.6 is 0 Å². The minimum Gasteiger partial charge on any atom is -0.382 e. The highest BCUT2D eigenvalue weighted by atomic mass is 16.3. The van der Waals surface area contributed by atoms with Gasteiger partial charge in [-0.3, -0.25) is 4.98 Å². The third-order valence-corrected chi connectivity index (χ3v) is 2.04. The molecule has 0 aliphatic heterocycles. The normalized spacial score (nSPS) is 10.1. The molecule has 0 unspecified atom stereocenters. The zero-order valence-electron chi connectivity index (χ0n) is 7.87. The minimum atomic E-state index is 0.170. The number of nitrogens with zero attached hydrogens (tertiary/aromatic N) is 4. The molecule has 2 heterocycles. The first-order chi connectivity index (χ1) is 7.31. The van der Waals surface area contributed by atoms with Crippen LogP contribution in [0.5, 0.6) is 0 Å². The van der Waals surface area contributed by atoms with Crippen molar-refractivity contribution in [2.24, 2.45) is 5.18 Å². The van der Waals surface area contributed by atoms with Crippen LogP contribution < -0.4 is 5.73 Å². The van der Waals surface area contributed by atoms with Gasteiger partial charge in [-0.25, -0.2) is 4.68 Å². The maximum atomic E-state index is 10.3. The Kier molecular flexibility index (Phi) is 2.40. The maximum absolute atomic E-state index is 10.3. The van der Waals surface area contributed by atoms with E-state index in [4.69, 9.17) is 5.73 Å². The highest BCUT2D eigenvalue weighted by Gasteiger charge is 2.07. The molecule has 0 saturated heterocycles. The minimum absolute atomic E-state index is 0.170. The summed E-state index contributed by atoms with van der Waals surface area (Å²) >= 11 is 0. The third-order valence-electron chi connectivity index (χ3n) is 2.04. The zero-order chi connectivity index (χ0) is 10.7. The van der Waals surface area contributed by atoms with Crippen molar-refractivity contribution in [2.45, 2.75) is 6.54 Å². The average Bonchev–Trinajstić information content (AvgIpc) is 2.62. The Balaban J connectivity index is 2.25. The summed E-state index contributed by atoms with van der Waals surface area (Å²) in [6, 6.07) is 3.71. The lowest BCUT2D eigenvalue weighted by molar-refractivity contribution is 0.696. The third kappa shape index (κ3) is 1.83. The Morgan fingerprint density at radius 2 is 2.13 bits per heavy atom. The van der Waals surface area contributed by atoms with Crippen LogP contribution in [0, 0.1) is 4.91 Å². The summed E-state index contributed by atoms with van der Waals surface area (Å²) in [5, 5.41) is 6.72. The van der Waals surface area contributed by atoms with Gasteiger partial charge in [-0.05, 0) is 22.9 Å². The van der Waals surface area contributed by atoms with Crippen LogP contribution in [0.25, 0.3) is 0 Å². The second-order valence-electron chi connectivity index (χ2n) is 3.02. The fourth-order valence-corrected chi connectivity index (χ4v) is 1.24. The molecule has 0 radical (unpaired) electrons. The largest absolute Gasteiger partial charge is 0.382 e. The van der Waals surface area contributed by atoms with E-state index in [1.807, 2.05) is 12.1 Å². The summed E-state index contributed by atoms with van der Waals surface area (Å²) < 4.78 is 1.52. The first-order valence-corrected chi connectivity index (χ1v) is 4.35. The first kappa shape index (κ1) is 9.32. The van der Waals surface area contributed by atoms with Crippen LogP contribution in [0.15, 0.2) is 35.9 Å². The molecular formula is C9H9N5O. The molecule has 2 rings (SSSR count). The molecule has 0 aliphatic carbocycles. The molecule has 0 bridgehead atoms. The highest BCUT2D eigenvalue weighted by Crippen LogP contribution is 2.20. The van der Waals surface area contributed by atoms with Gasteiger partial charge < -0.3 is 5.73 Å². The standard InChI is InChI=1S/C9H9N5O/c10-9-8(13-15)5-12-14(9)6-7-1-3-11-4-2-7/h1-5H,6,10H2. The van der Waals surface area contributed by atoms with Crippen molar-refractivity contribution < 1.29 is 0 Å². The van der Waals surface area contributed by atoms with E-state index in [9.17, 15) is 4.91 Å². The molecular weight excluding hydrogens is 194 g/mol. The second kappa shape index (κ2) is 3.87. The lowest BCUT2D eigenvalue weighted by atomic mass is 10.3. The topological polar surface area (TPSA) is 86.2 Å². The number of pyridine rings is 1. The molecule has 6 heteroatoms. The van der Waals surface area contributed by atoms with E-state index in [2.05, 4.69) is 15.3 Å². The molecule has 0 saturated carbocycles. The van der Waals surface area contributed by atoms with Crippen molar-refractivity contribution in [1.82, 2.24) is 14.8 Å². The molecule has 2 aromatic heterocycles. The van der Waals surface area contributed by atoms with E-state index in [0.717, 1.165) is 5.56 Å². The van der Waals surface area contributed by atoms with Gasteiger partial charge in [0.15, 0.2) is 11.5 Å². The Hall–Kier alpha value is -2.24. The summed E-state index contributed by atoms with van der Waals surface area (Å²) in [4.78, 5) is 14.2. The number of rotatable bonds is 3. The predicted molar refractivity (Wildman–Crippen MR) is 55.4 cm³/mol. The van der Waals surface area contributed by atoms with Crippen LogP contribution in [-0.4, -0.2) is 14.8 Å². The van der Waals surface area contributed by atoms with Crippen LogP contribution in [-0.2, 0) is 6.54 Å². The van der Waals surface area contributed by atoms with Crippen molar-refractivity contribution in [2.75, 3.05) is 5.73 Å². The van der Waals surface area contributed by atoms with Gasteiger partial charge in [-0.2, -0.15) is 5.10 Å². The fraction of sp³-hybridized carbons (Fsp3) is 0.111. The van der Waals surface area contributed by atoms with Crippen LogP contribution in [0.3, 0.4) is 0 Å². The Morgan fingerprint density at radius 3 is 2.73 bits per heavy atom. The molecule has 0 amide bonds. The van der Waals surface area contributed by atoms with E-state index in [-0.39, 0.29) is 11.5 Å². The fourth-order valence-electron chi connectivity index (χ4n) is 1.24. The summed E-state index contributed by atoms with van der Waals surface area (Å²) in [6.07, 6.45) is 4.73. The predicted octanol–water partition coefficient (Wildman–Crippen LogP) is 1.31. The summed E-state index contributed by atoms with van der Waals surface area (Å²) in [5.41, 5.74) is 6.83. The van der Waals surface area contributed by atoms with Gasteiger partial charge in [0.05, 0.1) is 12.7 Å². The number of hydrogen-bond acceptors (Lipinski definition) is 5. The number of anilines is 1. The van der Waals surface area contributed by atoms with Crippen molar-refractivity contribution in [3.63, 3.8) is 0 Å². The molecule has 0 aliphatic rings.